The summed E-state index contributed by atoms with van der Waals surface area (Å²) in [5, 5.41) is 3.37. The number of carbonyl (C=O) groups excluding carboxylic acids is 1. The van der Waals surface area contributed by atoms with Gasteiger partial charge in [0.2, 0.25) is 5.95 Å². The first kappa shape index (κ1) is 17.7. The van der Waals surface area contributed by atoms with Crippen LogP contribution in [0.3, 0.4) is 0 Å². The standard InChI is InChI=1S/C19H24N6O2/c1-2-7-25-13-15-16(18(25)26)22-19(24-8-10-27-11-9-24)23-17(15)21-12-14-5-3-4-6-20-14/h3-6H,2,7-13H2,1H3,(H,21,22,23). The number of pyridine rings is 1. The molecule has 8 nitrogen and oxygen atoms in total. The van der Waals surface area contributed by atoms with Crippen molar-refractivity contribution in [3.8, 4) is 0 Å². The second-order valence-corrected chi connectivity index (χ2v) is 6.70. The Morgan fingerprint density at radius 1 is 1.22 bits per heavy atom. The minimum Gasteiger partial charge on any atom is -0.378 e. The largest absolute Gasteiger partial charge is 0.378 e. The number of rotatable bonds is 6. The monoisotopic (exact) mass is 368 g/mol. The third kappa shape index (κ3) is 3.71. The van der Waals surface area contributed by atoms with E-state index >= 15 is 0 Å². The van der Waals surface area contributed by atoms with Gasteiger partial charge in [0.15, 0.2) is 0 Å². The van der Waals surface area contributed by atoms with E-state index < -0.39 is 0 Å². The number of anilines is 2. The molecule has 142 valence electrons. The molecule has 8 heteroatoms. The molecule has 0 bridgehead atoms. The van der Waals surface area contributed by atoms with Gasteiger partial charge in [0.1, 0.15) is 11.5 Å². The highest BCUT2D eigenvalue weighted by atomic mass is 16.5. The van der Waals surface area contributed by atoms with Crippen LogP contribution in [-0.4, -0.2) is 58.6 Å². The van der Waals surface area contributed by atoms with Crippen molar-refractivity contribution < 1.29 is 9.53 Å². The fourth-order valence-electron chi connectivity index (χ4n) is 3.39. The zero-order valence-corrected chi connectivity index (χ0v) is 15.5. The number of nitrogens with zero attached hydrogens (tertiary/aromatic N) is 5. The molecule has 2 aliphatic rings. The number of amides is 1. The summed E-state index contributed by atoms with van der Waals surface area (Å²) >= 11 is 0. The lowest BCUT2D eigenvalue weighted by Gasteiger charge is -2.27. The molecular formula is C19H24N6O2. The van der Waals surface area contributed by atoms with E-state index in [1.54, 1.807) is 6.20 Å². The van der Waals surface area contributed by atoms with Crippen molar-refractivity contribution in [3.63, 3.8) is 0 Å². The van der Waals surface area contributed by atoms with E-state index in [0.29, 0.717) is 37.9 Å². The Morgan fingerprint density at radius 2 is 2.07 bits per heavy atom. The smallest absolute Gasteiger partial charge is 0.273 e. The highest BCUT2D eigenvalue weighted by Gasteiger charge is 2.33. The topological polar surface area (TPSA) is 83.5 Å². The first-order valence-corrected chi connectivity index (χ1v) is 9.43. The van der Waals surface area contributed by atoms with Crippen LogP contribution in [0.4, 0.5) is 11.8 Å². The summed E-state index contributed by atoms with van der Waals surface area (Å²) in [4.78, 5) is 30.4. The van der Waals surface area contributed by atoms with Gasteiger partial charge in [-0.15, -0.1) is 0 Å². The average molecular weight is 368 g/mol. The van der Waals surface area contributed by atoms with Crippen LogP contribution in [0.2, 0.25) is 0 Å². The van der Waals surface area contributed by atoms with Crippen LogP contribution in [0, 0.1) is 0 Å². The lowest BCUT2D eigenvalue weighted by atomic mass is 10.2. The fourth-order valence-corrected chi connectivity index (χ4v) is 3.39. The van der Waals surface area contributed by atoms with Crippen molar-refractivity contribution in [2.24, 2.45) is 0 Å². The first-order chi connectivity index (χ1) is 13.3. The van der Waals surface area contributed by atoms with E-state index in [1.807, 2.05) is 23.1 Å². The fraction of sp³-hybridized carbons (Fsp3) is 0.474. The first-order valence-electron chi connectivity index (χ1n) is 9.43. The quantitative estimate of drug-likeness (QED) is 0.830. The van der Waals surface area contributed by atoms with Crippen molar-refractivity contribution in [2.45, 2.75) is 26.4 Å². The molecule has 1 amide bonds. The maximum absolute atomic E-state index is 12.8. The minimum atomic E-state index is -0.00959. The van der Waals surface area contributed by atoms with Crippen LogP contribution < -0.4 is 10.2 Å². The molecule has 0 atom stereocenters. The Balaban J connectivity index is 1.64. The Kier molecular flexibility index (Phi) is 5.15. The molecule has 0 aliphatic carbocycles. The summed E-state index contributed by atoms with van der Waals surface area (Å²) in [7, 11) is 0. The van der Waals surface area contributed by atoms with Crippen LogP contribution in [0.15, 0.2) is 24.4 Å². The lowest BCUT2D eigenvalue weighted by Crippen LogP contribution is -2.37. The van der Waals surface area contributed by atoms with Crippen LogP contribution in [-0.2, 0) is 17.8 Å². The van der Waals surface area contributed by atoms with Gasteiger partial charge in [-0.25, -0.2) is 4.98 Å². The van der Waals surface area contributed by atoms with Crippen LogP contribution in [0.25, 0.3) is 0 Å². The number of hydrogen-bond donors (Lipinski definition) is 1. The van der Waals surface area contributed by atoms with Gasteiger partial charge < -0.3 is 19.9 Å². The minimum absolute atomic E-state index is 0.00959. The Morgan fingerprint density at radius 3 is 2.81 bits per heavy atom. The molecule has 0 unspecified atom stereocenters. The summed E-state index contributed by atoms with van der Waals surface area (Å²) in [6, 6.07) is 5.82. The van der Waals surface area contributed by atoms with Crippen molar-refractivity contribution in [1.82, 2.24) is 19.9 Å². The molecule has 0 aromatic carbocycles. The van der Waals surface area contributed by atoms with Gasteiger partial charge in [-0.1, -0.05) is 13.0 Å². The molecule has 1 saturated heterocycles. The van der Waals surface area contributed by atoms with E-state index in [2.05, 4.69) is 27.1 Å². The number of ether oxygens (including phenoxy) is 1. The number of carbonyl (C=O) groups is 1. The third-order valence-corrected chi connectivity index (χ3v) is 4.78. The van der Waals surface area contributed by atoms with Crippen molar-refractivity contribution >= 4 is 17.7 Å². The summed E-state index contributed by atoms with van der Waals surface area (Å²) in [5.41, 5.74) is 2.32. The zero-order valence-electron chi connectivity index (χ0n) is 15.5. The second-order valence-electron chi connectivity index (χ2n) is 6.70. The number of morpholine rings is 1. The van der Waals surface area contributed by atoms with Gasteiger partial charge in [0, 0.05) is 31.4 Å². The predicted octanol–water partition coefficient (Wildman–Crippen LogP) is 1.69. The summed E-state index contributed by atoms with van der Waals surface area (Å²) < 4.78 is 5.42. The Bertz CT molecular complexity index is 807. The van der Waals surface area contributed by atoms with E-state index in [4.69, 9.17) is 9.72 Å². The van der Waals surface area contributed by atoms with Crippen LogP contribution in [0.5, 0.6) is 0 Å². The van der Waals surface area contributed by atoms with E-state index in [1.165, 1.54) is 0 Å². The molecule has 4 rings (SSSR count). The van der Waals surface area contributed by atoms with Crippen molar-refractivity contribution in [3.05, 3.63) is 41.3 Å². The van der Waals surface area contributed by atoms with Gasteiger partial charge in [0.25, 0.3) is 5.91 Å². The van der Waals surface area contributed by atoms with E-state index in [-0.39, 0.29) is 5.91 Å². The highest BCUT2D eigenvalue weighted by Crippen LogP contribution is 2.29. The van der Waals surface area contributed by atoms with E-state index in [9.17, 15) is 4.79 Å². The van der Waals surface area contributed by atoms with Crippen molar-refractivity contribution in [1.29, 1.82) is 0 Å². The number of nitrogens with one attached hydrogen (secondary N) is 1. The number of fused-ring (bicyclic) bond motifs is 1. The van der Waals surface area contributed by atoms with Gasteiger partial charge in [-0.05, 0) is 18.6 Å². The van der Waals surface area contributed by atoms with Gasteiger partial charge in [-0.3, -0.25) is 9.78 Å². The zero-order chi connectivity index (χ0) is 18.6. The summed E-state index contributed by atoms with van der Waals surface area (Å²) in [6.45, 7) is 6.64. The molecule has 1 fully saturated rings. The van der Waals surface area contributed by atoms with Crippen LogP contribution in [0.1, 0.15) is 35.1 Å². The highest BCUT2D eigenvalue weighted by molar-refractivity contribution is 5.98. The normalized spacial score (nSPS) is 16.6. The molecule has 2 aliphatic heterocycles. The molecule has 2 aromatic heterocycles. The Labute approximate surface area is 158 Å². The van der Waals surface area contributed by atoms with Gasteiger partial charge in [0.05, 0.1) is 32.0 Å². The lowest BCUT2D eigenvalue weighted by molar-refractivity contribution is 0.0774. The van der Waals surface area contributed by atoms with Crippen LogP contribution >= 0.6 is 0 Å². The van der Waals surface area contributed by atoms with Gasteiger partial charge in [-0.2, -0.15) is 4.98 Å². The van der Waals surface area contributed by atoms with E-state index in [0.717, 1.165) is 43.1 Å². The molecular weight excluding hydrogens is 344 g/mol. The molecule has 0 radical (unpaired) electrons. The number of aromatic nitrogens is 3. The SMILES string of the molecule is CCCN1Cc2c(NCc3ccccn3)nc(N3CCOCC3)nc2C1=O. The predicted molar refractivity (Wildman–Crippen MR) is 102 cm³/mol. The maximum atomic E-state index is 12.8. The summed E-state index contributed by atoms with van der Waals surface area (Å²) in [6.07, 6.45) is 2.69. The Hall–Kier alpha value is -2.74. The second kappa shape index (κ2) is 7.87. The molecule has 0 saturated carbocycles. The molecule has 27 heavy (non-hydrogen) atoms. The molecule has 1 N–H and O–H groups in total. The molecule has 0 spiro atoms. The molecule has 4 heterocycles. The maximum Gasteiger partial charge on any atom is 0.273 e. The average Bonchev–Trinajstić information content (AvgIpc) is 3.04. The van der Waals surface area contributed by atoms with Gasteiger partial charge >= 0.3 is 0 Å². The number of hydrogen-bond acceptors (Lipinski definition) is 7. The van der Waals surface area contributed by atoms with Crippen molar-refractivity contribution in [2.75, 3.05) is 43.1 Å². The summed E-state index contributed by atoms with van der Waals surface area (Å²) in [5.74, 6) is 1.30. The third-order valence-electron chi connectivity index (χ3n) is 4.78. The molecule has 2 aromatic rings.